The maximum absolute atomic E-state index is 13.6. The average Bonchev–Trinajstić information content (AvgIpc) is 3.38. The van der Waals surface area contributed by atoms with Gasteiger partial charge in [0.15, 0.2) is 11.6 Å². The zero-order valence-corrected chi connectivity index (χ0v) is 19.0. The van der Waals surface area contributed by atoms with Crippen LogP contribution in [0.1, 0.15) is 51.4 Å². The Bertz CT molecular complexity index is 1200. The van der Waals surface area contributed by atoms with Gasteiger partial charge in [-0.3, -0.25) is 9.59 Å². The van der Waals surface area contributed by atoms with Gasteiger partial charge in [-0.15, -0.1) is 45.3 Å². The van der Waals surface area contributed by atoms with E-state index in [9.17, 15) is 9.59 Å². The Morgan fingerprint density at radius 3 is 1.32 bits per heavy atom. The van der Waals surface area contributed by atoms with E-state index in [2.05, 4.69) is 38.1 Å². The number of fused-ring (bicyclic) bond motifs is 2. The highest BCUT2D eigenvalue weighted by Gasteiger charge is 2.40. The van der Waals surface area contributed by atoms with Crippen LogP contribution in [0, 0.1) is 27.7 Å². The number of rotatable bonds is 2. The Morgan fingerprint density at radius 1 is 0.536 bits per heavy atom. The SMILES string of the molecule is Cc1ccc(-c2sc(-c3ccc(C)s3)c3c2C(=O)c2c(C)sc(C)c2C3=O)s1. The average molecular weight is 441 g/mol. The summed E-state index contributed by atoms with van der Waals surface area (Å²) < 4.78 is 0. The lowest BCUT2D eigenvalue weighted by molar-refractivity contribution is 0.0981. The topological polar surface area (TPSA) is 34.1 Å². The summed E-state index contributed by atoms with van der Waals surface area (Å²) in [6, 6.07) is 8.27. The second-order valence-corrected chi connectivity index (χ2v) is 12.0. The molecule has 4 aromatic rings. The number of thiophene rings is 4. The molecule has 4 aromatic heterocycles. The van der Waals surface area contributed by atoms with Crippen LogP contribution in [0.25, 0.3) is 19.5 Å². The zero-order valence-electron chi connectivity index (χ0n) is 15.8. The van der Waals surface area contributed by atoms with E-state index in [0.717, 1.165) is 29.3 Å². The van der Waals surface area contributed by atoms with E-state index < -0.39 is 0 Å². The van der Waals surface area contributed by atoms with E-state index in [1.54, 1.807) is 45.3 Å². The fraction of sp³-hybridized carbons (Fsp3) is 0.182. The van der Waals surface area contributed by atoms with E-state index in [1.807, 2.05) is 13.8 Å². The second kappa shape index (κ2) is 6.32. The molecule has 140 valence electrons. The minimum atomic E-state index is 0.00304. The molecular formula is C22H16O2S4. The van der Waals surface area contributed by atoms with E-state index in [-0.39, 0.29) is 11.6 Å². The summed E-state index contributed by atoms with van der Waals surface area (Å²) >= 11 is 6.48. The molecule has 0 aliphatic heterocycles. The Hall–Kier alpha value is -1.86. The van der Waals surface area contributed by atoms with Crippen molar-refractivity contribution < 1.29 is 9.59 Å². The third-order valence-electron chi connectivity index (χ3n) is 5.01. The highest BCUT2D eigenvalue weighted by atomic mass is 32.1. The summed E-state index contributed by atoms with van der Waals surface area (Å²) in [7, 11) is 0. The summed E-state index contributed by atoms with van der Waals surface area (Å²) in [6.45, 7) is 8.01. The van der Waals surface area contributed by atoms with E-state index >= 15 is 0 Å². The quantitative estimate of drug-likeness (QED) is 0.289. The number of carbonyl (C=O) groups is 2. The lowest BCUT2D eigenvalue weighted by Gasteiger charge is -2.15. The maximum atomic E-state index is 13.6. The molecule has 4 heterocycles. The van der Waals surface area contributed by atoms with Crippen LogP contribution in [0.5, 0.6) is 0 Å². The summed E-state index contributed by atoms with van der Waals surface area (Å²) in [5, 5.41) is 0. The molecule has 0 aromatic carbocycles. The molecule has 28 heavy (non-hydrogen) atoms. The first-order valence-corrected chi connectivity index (χ1v) is 12.1. The van der Waals surface area contributed by atoms with Crippen molar-refractivity contribution in [2.24, 2.45) is 0 Å². The number of carbonyl (C=O) groups excluding carboxylic acids is 2. The lowest BCUT2D eigenvalue weighted by Crippen LogP contribution is -2.20. The molecule has 1 aliphatic rings. The first-order valence-electron chi connectivity index (χ1n) is 8.86. The molecule has 0 spiro atoms. The maximum Gasteiger partial charge on any atom is 0.197 e. The van der Waals surface area contributed by atoms with Crippen LogP contribution >= 0.6 is 45.3 Å². The molecule has 0 atom stereocenters. The molecule has 0 N–H and O–H groups in total. The number of hydrogen-bond donors (Lipinski definition) is 0. The van der Waals surface area contributed by atoms with Crippen molar-refractivity contribution in [2.45, 2.75) is 27.7 Å². The largest absolute Gasteiger partial charge is 0.288 e. The van der Waals surface area contributed by atoms with Gasteiger partial charge in [0.1, 0.15) is 0 Å². The van der Waals surface area contributed by atoms with Crippen LogP contribution in [-0.2, 0) is 0 Å². The van der Waals surface area contributed by atoms with Crippen molar-refractivity contribution in [3.63, 3.8) is 0 Å². The van der Waals surface area contributed by atoms with Crippen LogP contribution in [-0.4, -0.2) is 11.6 Å². The van der Waals surface area contributed by atoms with Gasteiger partial charge < -0.3 is 0 Å². The summed E-state index contributed by atoms with van der Waals surface area (Å²) in [6.07, 6.45) is 0. The number of ketones is 2. The predicted molar refractivity (Wildman–Crippen MR) is 121 cm³/mol. The molecule has 5 rings (SSSR count). The molecule has 6 heteroatoms. The van der Waals surface area contributed by atoms with Gasteiger partial charge in [0.25, 0.3) is 0 Å². The Kier molecular flexibility index (Phi) is 4.11. The van der Waals surface area contributed by atoms with Gasteiger partial charge >= 0.3 is 0 Å². The van der Waals surface area contributed by atoms with Crippen LogP contribution in [0.4, 0.5) is 0 Å². The van der Waals surface area contributed by atoms with Gasteiger partial charge in [-0.25, -0.2) is 0 Å². The molecule has 1 aliphatic carbocycles. The van der Waals surface area contributed by atoms with Crippen LogP contribution in [0.2, 0.25) is 0 Å². The van der Waals surface area contributed by atoms with Crippen molar-refractivity contribution >= 4 is 56.9 Å². The first kappa shape index (κ1) is 18.2. The van der Waals surface area contributed by atoms with E-state index in [1.165, 1.54) is 9.75 Å². The number of aryl methyl sites for hydroxylation is 4. The summed E-state index contributed by atoms with van der Waals surface area (Å²) in [4.78, 5) is 35.5. The Morgan fingerprint density at radius 2 is 0.964 bits per heavy atom. The number of hydrogen-bond acceptors (Lipinski definition) is 6. The molecule has 2 nitrogen and oxygen atoms in total. The monoisotopic (exact) mass is 440 g/mol. The van der Waals surface area contributed by atoms with Crippen molar-refractivity contribution in [3.05, 3.63) is 66.0 Å². The highest BCUT2D eigenvalue weighted by Crippen LogP contribution is 2.50. The standard InChI is InChI=1S/C22H16O2S4/c1-9-5-7-13(25-9)21-17-18(22(28-21)14-8-6-10(2)26-14)20(24)16-12(4)27-11(3)15(16)19(17)23/h5-8H,1-4H3. The minimum Gasteiger partial charge on any atom is -0.288 e. The minimum absolute atomic E-state index is 0.00304. The molecule has 0 saturated carbocycles. The van der Waals surface area contributed by atoms with Gasteiger partial charge in [0, 0.05) is 40.4 Å². The molecule has 0 fully saturated rings. The van der Waals surface area contributed by atoms with Gasteiger partial charge in [-0.2, -0.15) is 0 Å². The lowest BCUT2D eigenvalue weighted by atomic mass is 9.84. The second-order valence-electron chi connectivity index (χ2n) is 6.95. The third kappa shape index (κ3) is 2.48. The van der Waals surface area contributed by atoms with Crippen molar-refractivity contribution in [1.82, 2.24) is 0 Å². The zero-order chi connectivity index (χ0) is 19.7. The van der Waals surface area contributed by atoms with Gasteiger partial charge in [0.05, 0.1) is 20.9 Å². The smallest absolute Gasteiger partial charge is 0.197 e. The summed E-state index contributed by atoms with van der Waals surface area (Å²) in [5.74, 6) is 0.00608. The van der Waals surface area contributed by atoms with Gasteiger partial charge in [0.2, 0.25) is 0 Å². The fourth-order valence-corrected chi connectivity index (χ4v) is 8.12. The Labute approximate surface area is 179 Å². The molecular weight excluding hydrogens is 425 g/mol. The van der Waals surface area contributed by atoms with Crippen LogP contribution in [0.15, 0.2) is 24.3 Å². The highest BCUT2D eigenvalue weighted by molar-refractivity contribution is 7.27. The van der Waals surface area contributed by atoms with Gasteiger partial charge in [-0.05, 0) is 52.0 Å². The van der Waals surface area contributed by atoms with Crippen molar-refractivity contribution in [1.29, 1.82) is 0 Å². The van der Waals surface area contributed by atoms with Crippen molar-refractivity contribution in [3.8, 4) is 19.5 Å². The molecule has 0 saturated heterocycles. The third-order valence-corrected chi connectivity index (χ3v) is 9.58. The Balaban J connectivity index is 1.86. The molecule has 0 amide bonds. The first-order chi connectivity index (χ1) is 13.4. The molecule has 0 radical (unpaired) electrons. The molecule has 0 bridgehead atoms. The summed E-state index contributed by atoms with van der Waals surface area (Å²) in [5.41, 5.74) is 2.43. The van der Waals surface area contributed by atoms with Gasteiger partial charge in [-0.1, -0.05) is 0 Å². The predicted octanol–water partition coefficient (Wildman–Crippen LogP) is 7.28. The van der Waals surface area contributed by atoms with Crippen LogP contribution < -0.4 is 0 Å². The van der Waals surface area contributed by atoms with E-state index in [4.69, 9.17) is 0 Å². The van der Waals surface area contributed by atoms with Crippen LogP contribution in [0.3, 0.4) is 0 Å². The van der Waals surface area contributed by atoms with Crippen molar-refractivity contribution in [2.75, 3.05) is 0 Å². The molecule has 0 unspecified atom stereocenters. The normalized spacial score (nSPS) is 13.1. The van der Waals surface area contributed by atoms with E-state index in [0.29, 0.717) is 22.3 Å². The fourth-order valence-electron chi connectivity index (χ4n) is 3.81.